The number of anilines is 1. The number of amides is 2. The van der Waals surface area contributed by atoms with Gasteiger partial charge in [-0.2, -0.15) is 0 Å². The maximum Gasteiger partial charge on any atom is 0.322 e. The number of nitrogens with zero attached hydrogens (tertiary/aromatic N) is 2. The quantitative estimate of drug-likeness (QED) is 0.505. The van der Waals surface area contributed by atoms with Gasteiger partial charge in [-0.1, -0.05) is 36.4 Å². The summed E-state index contributed by atoms with van der Waals surface area (Å²) in [6.45, 7) is 3.38. The predicted octanol–water partition coefficient (Wildman–Crippen LogP) is 5.55. The van der Waals surface area contributed by atoms with E-state index in [0.717, 1.165) is 51.1 Å². The summed E-state index contributed by atoms with van der Waals surface area (Å²) in [6, 6.07) is 20.1. The number of carbonyl (C=O) groups is 1. The summed E-state index contributed by atoms with van der Waals surface area (Å²) in [5.74, 6) is 0.369. The van der Waals surface area contributed by atoms with Gasteiger partial charge in [0, 0.05) is 24.8 Å². The Hall–Kier alpha value is -3.12. The molecule has 1 aliphatic heterocycles. The van der Waals surface area contributed by atoms with Crippen molar-refractivity contribution in [3.8, 4) is 0 Å². The average Bonchev–Trinajstić information content (AvgIpc) is 3.32. The number of hydrogen-bond donors (Lipinski definition) is 1. The van der Waals surface area contributed by atoms with Crippen LogP contribution in [0.4, 0.5) is 14.9 Å². The molecule has 0 aliphatic carbocycles. The summed E-state index contributed by atoms with van der Waals surface area (Å²) in [5, 5.41) is 2.85. The molecule has 0 atom stereocenters. The Balaban J connectivity index is 1.32. The van der Waals surface area contributed by atoms with Crippen molar-refractivity contribution in [2.45, 2.75) is 38.3 Å². The van der Waals surface area contributed by atoms with Crippen LogP contribution in [0.3, 0.4) is 0 Å². The van der Waals surface area contributed by atoms with E-state index in [9.17, 15) is 9.18 Å². The van der Waals surface area contributed by atoms with Crippen molar-refractivity contribution in [1.82, 2.24) is 9.80 Å². The Morgan fingerprint density at radius 1 is 1.06 bits per heavy atom. The number of furan rings is 1. The van der Waals surface area contributed by atoms with Gasteiger partial charge < -0.3 is 19.5 Å². The fourth-order valence-corrected chi connectivity index (χ4v) is 4.30. The molecule has 0 unspecified atom stereocenters. The second-order valence-corrected chi connectivity index (χ2v) is 8.31. The summed E-state index contributed by atoms with van der Waals surface area (Å²) in [7, 11) is 0. The van der Waals surface area contributed by atoms with Crippen LogP contribution in [0.2, 0.25) is 0 Å². The summed E-state index contributed by atoms with van der Waals surface area (Å²) < 4.78 is 19.0. The zero-order valence-electron chi connectivity index (χ0n) is 18.3. The van der Waals surface area contributed by atoms with Gasteiger partial charge in [0.15, 0.2) is 0 Å². The Bertz CT molecular complexity index is 970. The third kappa shape index (κ3) is 6.20. The summed E-state index contributed by atoms with van der Waals surface area (Å²) >= 11 is 0. The fraction of sp³-hybridized carbons (Fsp3) is 0.346. The molecule has 2 amide bonds. The summed E-state index contributed by atoms with van der Waals surface area (Å²) in [5.41, 5.74) is 1.83. The minimum Gasteiger partial charge on any atom is -0.467 e. The molecule has 6 heteroatoms. The zero-order valence-corrected chi connectivity index (χ0v) is 18.3. The van der Waals surface area contributed by atoms with E-state index >= 15 is 0 Å². The molecule has 168 valence electrons. The van der Waals surface area contributed by atoms with Crippen LogP contribution in [0.15, 0.2) is 77.4 Å². The molecule has 0 radical (unpaired) electrons. The highest BCUT2D eigenvalue weighted by Gasteiger charge is 2.28. The SMILES string of the molecule is O=C(Nc1cccc(F)c1)N(Cc1ccco1)C1CCN(CCCc2ccccc2)CC1. The third-order valence-corrected chi connectivity index (χ3v) is 6.02. The molecule has 5 nitrogen and oxygen atoms in total. The topological polar surface area (TPSA) is 48.7 Å². The summed E-state index contributed by atoms with van der Waals surface area (Å²) in [6.07, 6.45) is 5.64. The minimum absolute atomic E-state index is 0.110. The second-order valence-electron chi connectivity index (χ2n) is 8.31. The maximum absolute atomic E-state index is 13.5. The van der Waals surface area contributed by atoms with Crippen molar-refractivity contribution >= 4 is 11.7 Å². The number of carbonyl (C=O) groups excluding carboxylic acids is 1. The molecule has 1 N–H and O–H groups in total. The predicted molar refractivity (Wildman–Crippen MR) is 124 cm³/mol. The van der Waals surface area contributed by atoms with Gasteiger partial charge in [0.05, 0.1) is 12.8 Å². The normalized spacial score (nSPS) is 14.9. The third-order valence-electron chi connectivity index (χ3n) is 6.02. The van der Waals surface area contributed by atoms with Crippen LogP contribution in [-0.4, -0.2) is 41.5 Å². The lowest BCUT2D eigenvalue weighted by molar-refractivity contribution is 0.118. The van der Waals surface area contributed by atoms with E-state index in [4.69, 9.17) is 4.42 Å². The van der Waals surface area contributed by atoms with E-state index < -0.39 is 0 Å². The molecule has 3 aromatic rings. The molecule has 2 heterocycles. The van der Waals surface area contributed by atoms with Crippen LogP contribution < -0.4 is 5.32 Å². The lowest BCUT2D eigenvalue weighted by Crippen LogP contribution is -2.48. The van der Waals surface area contributed by atoms with Crippen molar-refractivity contribution in [3.63, 3.8) is 0 Å². The highest BCUT2D eigenvalue weighted by atomic mass is 19.1. The van der Waals surface area contributed by atoms with Crippen LogP contribution in [0, 0.1) is 5.82 Å². The van der Waals surface area contributed by atoms with E-state index in [-0.39, 0.29) is 17.9 Å². The highest BCUT2D eigenvalue weighted by molar-refractivity contribution is 5.89. The zero-order chi connectivity index (χ0) is 22.2. The Labute approximate surface area is 188 Å². The van der Waals surface area contributed by atoms with Crippen molar-refractivity contribution in [2.24, 2.45) is 0 Å². The van der Waals surface area contributed by atoms with Crippen LogP contribution >= 0.6 is 0 Å². The number of halogens is 1. The molecule has 0 bridgehead atoms. The largest absolute Gasteiger partial charge is 0.467 e. The van der Waals surface area contributed by atoms with Crippen molar-refractivity contribution in [2.75, 3.05) is 25.0 Å². The molecular weight excluding hydrogens is 405 g/mol. The van der Waals surface area contributed by atoms with Gasteiger partial charge in [0.2, 0.25) is 0 Å². The van der Waals surface area contributed by atoms with Gasteiger partial charge in [0.1, 0.15) is 11.6 Å². The number of likely N-dealkylation sites (tertiary alicyclic amines) is 1. The van der Waals surface area contributed by atoms with Gasteiger partial charge in [-0.3, -0.25) is 0 Å². The first-order chi connectivity index (χ1) is 15.7. The van der Waals surface area contributed by atoms with Gasteiger partial charge in [0.25, 0.3) is 0 Å². The Kier molecular flexibility index (Phi) is 7.56. The van der Waals surface area contributed by atoms with Crippen LogP contribution in [0.25, 0.3) is 0 Å². The van der Waals surface area contributed by atoms with E-state index in [2.05, 4.69) is 34.5 Å². The van der Waals surface area contributed by atoms with E-state index in [0.29, 0.717) is 12.2 Å². The van der Waals surface area contributed by atoms with Crippen molar-refractivity contribution in [1.29, 1.82) is 0 Å². The Morgan fingerprint density at radius 2 is 1.88 bits per heavy atom. The average molecular weight is 436 g/mol. The van der Waals surface area contributed by atoms with Crippen LogP contribution in [-0.2, 0) is 13.0 Å². The van der Waals surface area contributed by atoms with Crippen LogP contribution in [0.1, 0.15) is 30.6 Å². The number of rotatable bonds is 8. The van der Waals surface area contributed by atoms with Gasteiger partial charge in [-0.25, -0.2) is 9.18 Å². The van der Waals surface area contributed by atoms with Crippen molar-refractivity contribution in [3.05, 3.63) is 90.1 Å². The molecule has 1 aromatic heterocycles. The molecule has 1 fully saturated rings. The lowest BCUT2D eigenvalue weighted by Gasteiger charge is -2.38. The monoisotopic (exact) mass is 435 g/mol. The molecule has 0 spiro atoms. The highest BCUT2D eigenvalue weighted by Crippen LogP contribution is 2.22. The van der Waals surface area contributed by atoms with E-state index in [1.165, 1.54) is 17.7 Å². The number of nitrogens with one attached hydrogen (secondary N) is 1. The fourth-order valence-electron chi connectivity index (χ4n) is 4.30. The minimum atomic E-state index is -0.371. The first-order valence-corrected chi connectivity index (χ1v) is 11.3. The molecular formula is C26H30FN3O2. The summed E-state index contributed by atoms with van der Waals surface area (Å²) in [4.78, 5) is 17.4. The molecule has 1 aliphatic rings. The van der Waals surface area contributed by atoms with E-state index in [1.54, 1.807) is 18.4 Å². The number of aryl methyl sites for hydroxylation is 1. The molecule has 1 saturated heterocycles. The first-order valence-electron chi connectivity index (χ1n) is 11.3. The van der Waals surface area contributed by atoms with Crippen molar-refractivity contribution < 1.29 is 13.6 Å². The number of piperidine rings is 1. The molecule has 0 saturated carbocycles. The first kappa shape index (κ1) is 22.1. The number of benzene rings is 2. The number of urea groups is 1. The van der Waals surface area contributed by atoms with Gasteiger partial charge in [-0.15, -0.1) is 0 Å². The molecule has 4 rings (SSSR count). The second kappa shape index (κ2) is 11.0. The smallest absolute Gasteiger partial charge is 0.322 e. The molecule has 32 heavy (non-hydrogen) atoms. The van der Waals surface area contributed by atoms with Crippen LogP contribution in [0.5, 0.6) is 0 Å². The number of hydrogen-bond acceptors (Lipinski definition) is 3. The van der Waals surface area contributed by atoms with Gasteiger partial charge in [-0.05, 0) is 68.1 Å². The lowest BCUT2D eigenvalue weighted by atomic mass is 10.0. The van der Waals surface area contributed by atoms with E-state index in [1.807, 2.05) is 23.1 Å². The Morgan fingerprint density at radius 3 is 2.59 bits per heavy atom. The molecule has 2 aromatic carbocycles. The maximum atomic E-state index is 13.5. The standard InChI is InChI=1S/C26H30FN3O2/c27-22-10-4-11-23(19-22)28-26(31)30(20-25-12-6-18-32-25)24-13-16-29(17-14-24)15-5-9-21-7-2-1-3-8-21/h1-4,6-8,10-12,18-19,24H,5,9,13-17,20H2,(H,28,31). The van der Waals surface area contributed by atoms with Gasteiger partial charge >= 0.3 is 6.03 Å².